The second kappa shape index (κ2) is 4.84. The van der Waals surface area contributed by atoms with Gasteiger partial charge in [-0.1, -0.05) is 6.07 Å². The molecule has 0 aromatic heterocycles. The van der Waals surface area contributed by atoms with Crippen LogP contribution in [-0.2, 0) is 4.79 Å². The molecule has 0 aliphatic carbocycles. The van der Waals surface area contributed by atoms with Gasteiger partial charge in [0.2, 0.25) is 5.91 Å². The van der Waals surface area contributed by atoms with Gasteiger partial charge in [0.05, 0.1) is 0 Å². The SMILES string of the molecule is CNC(=O)CC(N)c1ccc(F)cc1F. The number of amides is 1. The molecule has 82 valence electrons. The Morgan fingerprint density at radius 3 is 2.73 bits per heavy atom. The van der Waals surface area contributed by atoms with Gasteiger partial charge in [0.1, 0.15) is 11.6 Å². The largest absolute Gasteiger partial charge is 0.359 e. The third-order valence-corrected chi connectivity index (χ3v) is 2.05. The summed E-state index contributed by atoms with van der Waals surface area (Å²) >= 11 is 0. The molecule has 0 aliphatic heterocycles. The molecule has 0 heterocycles. The Morgan fingerprint density at radius 2 is 2.20 bits per heavy atom. The first-order chi connectivity index (χ1) is 7.04. The van der Waals surface area contributed by atoms with E-state index >= 15 is 0 Å². The van der Waals surface area contributed by atoms with Crippen molar-refractivity contribution in [2.24, 2.45) is 5.73 Å². The molecule has 1 amide bonds. The van der Waals surface area contributed by atoms with Gasteiger partial charge in [-0.25, -0.2) is 8.78 Å². The number of benzene rings is 1. The minimum Gasteiger partial charge on any atom is -0.359 e. The molecule has 0 fully saturated rings. The molecule has 1 rings (SSSR count). The number of rotatable bonds is 3. The first-order valence-electron chi connectivity index (χ1n) is 4.45. The Labute approximate surface area is 86.3 Å². The van der Waals surface area contributed by atoms with Gasteiger partial charge in [0, 0.05) is 31.1 Å². The van der Waals surface area contributed by atoms with Gasteiger partial charge in [0.15, 0.2) is 0 Å². The van der Waals surface area contributed by atoms with Crippen molar-refractivity contribution in [3.8, 4) is 0 Å². The minimum absolute atomic E-state index is 0.0287. The number of nitrogens with two attached hydrogens (primary N) is 1. The lowest BCUT2D eigenvalue weighted by molar-refractivity contribution is -0.120. The van der Waals surface area contributed by atoms with Crippen molar-refractivity contribution in [1.82, 2.24) is 5.32 Å². The van der Waals surface area contributed by atoms with Gasteiger partial charge in [-0.05, 0) is 6.07 Å². The number of hydrogen-bond acceptors (Lipinski definition) is 2. The van der Waals surface area contributed by atoms with Gasteiger partial charge in [-0.2, -0.15) is 0 Å². The molecule has 15 heavy (non-hydrogen) atoms. The molecule has 0 spiro atoms. The lowest BCUT2D eigenvalue weighted by atomic mass is 10.0. The first-order valence-corrected chi connectivity index (χ1v) is 4.45. The maximum atomic E-state index is 13.2. The minimum atomic E-state index is -0.759. The van der Waals surface area contributed by atoms with Crippen molar-refractivity contribution in [2.45, 2.75) is 12.5 Å². The molecule has 0 bridgehead atoms. The highest BCUT2D eigenvalue weighted by Gasteiger charge is 2.14. The molecular formula is C10H12F2N2O. The first kappa shape index (κ1) is 11.6. The summed E-state index contributed by atoms with van der Waals surface area (Å²) < 4.78 is 25.8. The molecule has 1 unspecified atom stereocenters. The summed E-state index contributed by atoms with van der Waals surface area (Å²) in [5.74, 6) is -1.68. The van der Waals surface area contributed by atoms with Crippen LogP contribution < -0.4 is 11.1 Å². The fraction of sp³-hybridized carbons (Fsp3) is 0.300. The van der Waals surface area contributed by atoms with Crippen molar-refractivity contribution in [1.29, 1.82) is 0 Å². The molecule has 1 atom stereocenters. The van der Waals surface area contributed by atoms with Crippen LogP contribution in [0.5, 0.6) is 0 Å². The molecule has 3 N–H and O–H groups in total. The van der Waals surface area contributed by atoms with Crippen LogP contribution in [0.1, 0.15) is 18.0 Å². The van der Waals surface area contributed by atoms with Gasteiger partial charge in [-0.3, -0.25) is 4.79 Å². The summed E-state index contributed by atoms with van der Waals surface area (Å²) in [5.41, 5.74) is 5.74. The highest BCUT2D eigenvalue weighted by molar-refractivity contribution is 5.76. The van der Waals surface area contributed by atoms with Crippen LogP contribution in [0, 0.1) is 11.6 Å². The monoisotopic (exact) mass is 214 g/mol. The molecule has 1 aromatic rings. The van der Waals surface area contributed by atoms with Crippen molar-refractivity contribution in [2.75, 3.05) is 7.05 Å². The average molecular weight is 214 g/mol. The quantitative estimate of drug-likeness (QED) is 0.791. The van der Waals surface area contributed by atoms with E-state index in [2.05, 4.69) is 5.32 Å². The van der Waals surface area contributed by atoms with Crippen LogP contribution >= 0.6 is 0 Å². The van der Waals surface area contributed by atoms with Gasteiger partial charge < -0.3 is 11.1 Å². The van der Waals surface area contributed by atoms with E-state index < -0.39 is 17.7 Å². The summed E-state index contributed by atoms with van der Waals surface area (Å²) in [7, 11) is 1.47. The lowest BCUT2D eigenvalue weighted by Crippen LogP contribution is -2.24. The molecule has 0 radical (unpaired) electrons. The summed E-state index contributed by atoms with van der Waals surface area (Å²) in [6.07, 6.45) is -0.0287. The van der Waals surface area contributed by atoms with Gasteiger partial charge >= 0.3 is 0 Å². The van der Waals surface area contributed by atoms with E-state index in [4.69, 9.17) is 5.73 Å². The van der Waals surface area contributed by atoms with Crippen molar-refractivity contribution >= 4 is 5.91 Å². The molecule has 0 saturated heterocycles. The van der Waals surface area contributed by atoms with E-state index in [1.165, 1.54) is 13.1 Å². The maximum Gasteiger partial charge on any atom is 0.221 e. The topological polar surface area (TPSA) is 55.1 Å². The Bertz CT molecular complexity index is 368. The Hall–Kier alpha value is -1.49. The molecule has 0 aliphatic rings. The zero-order valence-electron chi connectivity index (χ0n) is 8.26. The molecule has 3 nitrogen and oxygen atoms in total. The second-order valence-electron chi connectivity index (χ2n) is 3.15. The highest BCUT2D eigenvalue weighted by Crippen LogP contribution is 2.18. The molecule has 0 saturated carbocycles. The Morgan fingerprint density at radius 1 is 1.53 bits per heavy atom. The van der Waals surface area contributed by atoms with E-state index in [1.807, 2.05) is 0 Å². The molecule has 5 heteroatoms. The second-order valence-corrected chi connectivity index (χ2v) is 3.15. The van der Waals surface area contributed by atoms with E-state index in [0.29, 0.717) is 0 Å². The van der Waals surface area contributed by atoms with E-state index in [1.54, 1.807) is 0 Å². The Balaban J connectivity index is 2.82. The smallest absolute Gasteiger partial charge is 0.221 e. The number of carbonyl (C=O) groups is 1. The fourth-order valence-electron chi connectivity index (χ4n) is 1.21. The third kappa shape index (κ3) is 2.99. The molecular weight excluding hydrogens is 202 g/mol. The standard InChI is InChI=1S/C10H12F2N2O/c1-14-10(15)5-9(13)7-3-2-6(11)4-8(7)12/h2-4,9H,5,13H2,1H3,(H,14,15). The van der Waals surface area contributed by atoms with Crippen LogP contribution in [0.2, 0.25) is 0 Å². The molecule has 1 aromatic carbocycles. The number of halogens is 2. The number of hydrogen-bond donors (Lipinski definition) is 2. The number of nitrogens with one attached hydrogen (secondary N) is 1. The summed E-state index contributed by atoms with van der Waals surface area (Å²) in [5, 5.41) is 2.38. The van der Waals surface area contributed by atoms with Gasteiger partial charge in [0.25, 0.3) is 0 Å². The third-order valence-electron chi connectivity index (χ3n) is 2.05. The zero-order chi connectivity index (χ0) is 11.4. The highest BCUT2D eigenvalue weighted by atomic mass is 19.1. The number of carbonyl (C=O) groups excluding carboxylic acids is 1. The summed E-state index contributed by atoms with van der Waals surface area (Å²) in [4.78, 5) is 11.0. The lowest BCUT2D eigenvalue weighted by Gasteiger charge is -2.11. The van der Waals surface area contributed by atoms with Crippen LogP contribution in [0.4, 0.5) is 8.78 Å². The van der Waals surface area contributed by atoms with Crippen LogP contribution in [0.3, 0.4) is 0 Å². The van der Waals surface area contributed by atoms with Crippen molar-refractivity contribution in [3.05, 3.63) is 35.4 Å². The summed E-state index contributed by atoms with van der Waals surface area (Å²) in [6, 6.07) is 2.35. The maximum absolute atomic E-state index is 13.2. The zero-order valence-corrected chi connectivity index (χ0v) is 8.26. The van der Waals surface area contributed by atoms with Crippen LogP contribution in [0.25, 0.3) is 0 Å². The van der Waals surface area contributed by atoms with E-state index in [9.17, 15) is 13.6 Å². The van der Waals surface area contributed by atoms with E-state index in [0.717, 1.165) is 12.1 Å². The van der Waals surface area contributed by atoms with Crippen molar-refractivity contribution < 1.29 is 13.6 Å². The van der Waals surface area contributed by atoms with Crippen LogP contribution in [-0.4, -0.2) is 13.0 Å². The Kier molecular flexibility index (Phi) is 3.74. The summed E-state index contributed by atoms with van der Waals surface area (Å²) in [6.45, 7) is 0. The predicted molar refractivity (Wildman–Crippen MR) is 52.0 cm³/mol. The average Bonchev–Trinajstić information content (AvgIpc) is 2.17. The van der Waals surface area contributed by atoms with Crippen LogP contribution in [0.15, 0.2) is 18.2 Å². The van der Waals surface area contributed by atoms with Gasteiger partial charge in [-0.15, -0.1) is 0 Å². The van der Waals surface area contributed by atoms with E-state index in [-0.39, 0.29) is 17.9 Å². The van der Waals surface area contributed by atoms with Crippen molar-refractivity contribution in [3.63, 3.8) is 0 Å². The normalized spacial score (nSPS) is 12.3. The fourth-order valence-corrected chi connectivity index (χ4v) is 1.21. The predicted octanol–water partition coefficient (Wildman–Crippen LogP) is 1.10.